The van der Waals surface area contributed by atoms with Crippen molar-refractivity contribution >= 4 is 21.6 Å². The van der Waals surface area contributed by atoms with Crippen LogP contribution in [0.4, 0.5) is 5.69 Å². The number of rotatable bonds is 7. The highest BCUT2D eigenvalue weighted by Gasteiger charge is 2.35. The van der Waals surface area contributed by atoms with Gasteiger partial charge in [-0.2, -0.15) is 0 Å². The van der Waals surface area contributed by atoms with Crippen LogP contribution in [0.25, 0.3) is 11.1 Å². The Morgan fingerprint density at radius 3 is 2.58 bits per heavy atom. The Labute approximate surface area is 212 Å². The summed E-state index contributed by atoms with van der Waals surface area (Å²) >= 11 is 0. The van der Waals surface area contributed by atoms with Gasteiger partial charge in [-0.25, -0.2) is 8.42 Å². The van der Waals surface area contributed by atoms with Crippen molar-refractivity contribution in [2.24, 2.45) is 0 Å². The molecule has 0 saturated heterocycles. The quantitative estimate of drug-likeness (QED) is 0.504. The van der Waals surface area contributed by atoms with Gasteiger partial charge >= 0.3 is 0 Å². The van der Waals surface area contributed by atoms with Crippen LogP contribution in [0.3, 0.4) is 0 Å². The van der Waals surface area contributed by atoms with Crippen molar-refractivity contribution in [2.75, 3.05) is 17.4 Å². The molecule has 0 spiro atoms. The van der Waals surface area contributed by atoms with Crippen LogP contribution >= 0.6 is 0 Å². The molecular weight excluding hydrogens is 478 g/mol. The topological polar surface area (TPSA) is 109 Å². The molecule has 36 heavy (non-hydrogen) atoms. The third-order valence-electron chi connectivity index (χ3n) is 5.98. The van der Waals surface area contributed by atoms with Gasteiger partial charge in [-0.1, -0.05) is 18.2 Å². The first-order valence-electron chi connectivity index (χ1n) is 11.8. The highest BCUT2D eigenvalue weighted by molar-refractivity contribution is 7.92. The number of anilines is 1. The maximum atomic E-state index is 13.8. The summed E-state index contributed by atoms with van der Waals surface area (Å²) in [6.07, 6.45) is 3.38. The number of carbonyl (C=O) groups is 1. The van der Waals surface area contributed by atoms with Gasteiger partial charge in [0.15, 0.2) is 0 Å². The lowest BCUT2D eigenvalue weighted by molar-refractivity contribution is -0.136. The number of nitrogens with one attached hydrogen (secondary N) is 1. The summed E-state index contributed by atoms with van der Waals surface area (Å²) in [5.74, 6) is -0.0555. The fraction of sp³-hybridized carbons (Fsp3) is 0.333. The van der Waals surface area contributed by atoms with Crippen molar-refractivity contribution in [1.29, 1.82) is 0 Å². The van der Waals surface area contributed by atoms with Crippen molar-refractivity contribution in [1.82, 2.24) is 10.3 Å². The van der Waals surface area contributed by atoms with Crippen LogP contribution in [-0.4, -0.2) is 49.2 Å². The minimum atomic E-state index is -3.89. The van der Waals surface area contributed by atoms with Crippen molar-refractivity contribution in [2.45, 2.75) is 50.7 Å². The van der Waals surface area contributed by atoms with Crippen LogP contribution in [-0.2, 0) is 14.8 Å². The van der Waals surface area contributed by atoms with Gasteiger partial charge < -0.3 is 15.2 Å². The Bertz CT molecular complexity index is 1380. The minimum absolute atomic E-state index is 0.0805. The number of aliphatic hydroxyl groups is 1. The Balaban J connectivity index is 1.69. The van der Waals surface area contributed by atoms with E-state index in [-0.39, 0.29) is 18.0 Å². The maximum Gasteiger partial charge on any atom is 0.264 e. The number of aromatic nitrogens is 1. The van der Waals surface area contributed by atoms with Gasteiger partial charge in [0.2, 0.25) is 0 Å². The van der Waals surface area contributed by atoms with Crippen LogP contribution in [0, 0.1) is 13.8 Å². The lowest BCUT2D eigenvalue weighted by atomic mass is 10.0. The highest BCUT2D eigenvalue weighted by Crippen LogP contribution is 2.40. The van der Waals surface area contributed by atoms with Gasteiger partial charge in [-0.3, -0.25) is 14.1 Å². The molecule has 0 unspecified atom stereocenters. The van der Waals surface area contributed by atoms with Crippen LogP contribution in [0.2, 0.25) is 0 Å². The van der Waals surface area contributed by atoms with Crippen molar-refractivity contribution in [3.05, 3.63) is 72.1 Å². The van der Waals surface area contributed by atoms with Gasteiger partial charge in [0, 0.05) is 30.9 Å². The van der Waals surface area contributed by atoms with Gasteiger partial charge in [-0.15, -0.1) is 0 Å². The van der Waals surface area contributed by atoms with E-state index in [1.165, 1.54) is 18.2 Å². The van der Waals surface area contributed by atoms with Gasteiger partial charge in [-0.05, 0) is 74.7 Å². The lowest BCUT2D eigenvalue weighted by Crippen LogP contribution is -2.46. The minimum Gasteiger partial charge on any atom is -0.486 e. The molecule has 2 aromatic carbocycles. The lowest BCUT2D eigenvalue weighted by Gasteiger charge is -2.36. The van der Waals surface area contributed by atoms with Crippen molar-refractivity contribution in [3.63, 3.8) is 0 Å². The number of carbonyl (C=O) groups excluding carboxylic acids is 1. The number of nitrogens with zero attached hydrogens (tertiary/aromatic N) is 2. The molecule has 1 aliphatic heterocycles. The first-order chi connectivity index (χ1) is 16.9. The van der Waals surface area contributed by atoms with E-state index >= 15 is 0 Å². The Kier molecular flexibility index (Phi) is 7.06. The number of pyridine rings is 1. The third kappa shape index (κ3) is 5.52. The Morgan fingerprint density at radius 2 is 1.89 bits per heavy atom. The molecule has 2 heterocycles. The van der Waals surface area contributed by atoms with Crippen LogP contribution < -0.4 is 14.4 Å². The number of benzene rings is 2. The predicted molar refractivity (Wildman–Crippen MR) is 138 cm³/mol. The SMILES string of the molecule is Cc1cncc(-c2ccc3c(c2)N(S(=O)(=O)c2cccc(C)c2)C[C@H](CCNC(=O)C(C)(C)O)O3)c1. The summed E-state index contributed by atoms with van der Waals surface area (Å²) in [6.45, 7) is 6.93. The second kappa shape index (κ2) is 9.91. The van der Waals surface area contributed by atoms with E-state index in [2.05, 4.69) is 10.3 Å². The second-order valence-electron chi connectivity index (χ2n) is 9.63. The maximum absolute atomic E-state index is 13.8. The first kappa shape index (κ1) is 25.7. The molecule has 4 rings (SSSR count). The fourth-order valence-corrected chi connectivity index (χ4v) is 5.65. The standard InChI is InChI=1S/C27H31N3O5S/c1-18-6-5-7-23(13-18)36(33,34)30-17-22(10-11-29-26(31)27(3,4)32)35-25-9-8-20(14-24(25)30)21-12-19(2)15-28-16-21/h5-9,12-16,22,32H,10-11,17H2,1-4H3,(H,29,31)/t22-/m0/s1. The molecule has 8 nitrogen and oxygen atoms in total. The van der Waals surface area contributed by atoms with E-state index < -0.39 is 27.6 Å². The monoisotopic (exact) mass is 509 g/mol. The molecular formula is C27H31N3O5S. The van der Waals surface area contributed by atoms with E-state index in [9.17, 15) is 18.3 Å². The van der Waals surface area contributed by atoms with Crippen LogP contribution in [0.1, 0.15) is 31.4 Å². The summed E-state index contributed by atoms with van der Waals surface area (Å²) in [7, 11) is -3.89. The number of fused-ring (bicyclic) bond motifs is 1. The number of hydrogen-bond donors (Lipinski definition) is 2. The largest absolute Gasteiger partial charge is 0.486 e. The molecule has 0 saturated carbocycles. The number of aryl methyl sites for hydroxylation is 2. The summed E-state index contributed by atoms with van der Waals surface area (Å²) < 4.78 is 35.2. The number of ether oxygens (including phenoxy) is 1. The smallest absolute Gasteiger partial charge is 0.264 e. The molecule has 1 aromatic heterocycles. The van der Waals surface area contributed by atoms with E-state index in [1.807, 2.05) is 38.1 Å². The van der Waals surface area contributed by atoms with E-state index in [4.69, 9.17) is 4.74 Å². The Morgan fingerprint density at radius 1 is 1.11 bits per heavy atom. The number of sulfonamides is 1. The molecule has 2 N–H and O–H groups in total. The molecule has 1 amide bonds. The van der Waals surface area contributed by atoms with Gasteiger partial charge in [0.1, 0.15) is 17.5 Å². The number of hydrogen-bond acceptors (Lipinski definition) is 6. The highest BCUT2D eigenvalue weighted by atomic mass is 32.2. The van der Waals surface area contributed by atoms with Gasteiger partial charge in [0.25, 0.3) is 15.9 Å². The zero-order valence-electron chi connectivity index (χ0n) is 20.9. The molecule has 1 atom stereocenters. The summed E-state index contributed by atoms with van der Waals surface area (Å²) in [6, 6.07) is 14.3. The molecule has 9 heteroatoms. The fourth-order valence-electron chi connectivity index (χ4n) is 4.05. The summed E-state index contributed by atoms with van der Waals surface area (Å²) in [5.41, 5.74) is 2.50. The molecule has 190 valence electrons. The van der Waals surface area contributed by atoms with Crippen molar-refractivity contribution < 1.29 is 23.1 Å². The van der Waals surface area contributed by atoms with Crippen LogP contribution in [0.5, 0.6) is 5.75 Å². The molecule has 0 bridgehead atoms. The predicted octanol–water partition coefficient (Wildman–Crippen LogP) is 3.60. The van der Waals surface area contributed by atoms with Gasteiger partial charge in [0.05, 0.1) is 17.1 Å². The Hall–Kier alpha value is -3.43. The van der Waals surface area contributed by atoms with E-state index in [1.54, 1.807) is 36.7 Å². The van der Waals surface area contributed by atoms with E-state index in [0.29, 0.717) is 17.9 Å². The molecule has 3 aromatic rings. The molecule has 0 aliphatic carbocycles. The molecule has 0 radical (unpaired) electrons. The zero-order valence-corrected chi connectivity index (χ0v) is 21.7. The average molecular weight is 510 g/mol. The third-order valence-corrected chi connectivity index (χ3v) is 7.76. The normalized spacial score (nSPS) is 15.7. The number of amides is 1. The van der Waals surface area contributed by atoms with Crippen molar-refractivity contribution in [3.8, 4) is 16.9 Å². The molecule has 0 fully saturated rings. The first-order valence-corrected chi connectivity index (χ1v) is 13.2. The van der Waals surface area contributed by atoms with Crippen LogP contribution in [0.15, 0.2) is 65.8 Å². The van der Waals surface area contributed by atoms with E-state index in [0.717, 1.165) is 22.3 Å². The molecule has 1 aliphatic rings. The average Bonchev–Trinajstić information content (AvgIpc) is 2.82. The summed E-state index contributed by atoms with van der Waals surface area (Å²) in [4.78, 5) is 16.5. The zero-order chi connectivity index (χ0) is 26.1. The summed E-state index contributed by atoms with van der Waals surface area (Å²) in [5, 5.41) is 12.5. The second-order valence-corrected chi connectivity index (χ2v) is 11.5.